The molecule has 0 atom stereocenters. The van der Waals surface area contributed by atoms with Crippen LogP contribution in [0.2, 0.25) is 0 Å². The minimum absolute atomic E-state index is 0.0371. The summed E-state index contributed by atoms with van der Waals surface area (Å²) in [5.41, 5.74) is 2.96. The highest BCUT2D eigenvalue weighted by Gasteiger charge is 2.10. The number of H-pyrrole nitrogens is 1. The number of hydrogen-bond donors (Lipinski definition) is 2. The maximum atomic E-state index is 13.2. The monoisotopic (exact) mass is 248 g/mol. The molecule has 0 aliphatic rings. The molecule has 1 aromatic carbocycles. The normalized spacial score (nSPS) is 10.6. The molecule has 2 rings (SSSR count). The number of aryl methyl sites for hydroxylation is 2. The fourth-order valence-electron chi connectivity index (χ4n) is 1.80. The van der Waals surface area contributed by atoms with Gasteiger partial charge in [-0.05, 0) is 30.2 Å². The highest BCUT2D eigenvalue weighted by molar-refractivity contribution is 5.69. The first-order valence-electron chi connectivity index (χ1n) is 5.58. The molecule has 1 heterocycles. The van der Waals surface area contributed by atoms with Gasteiger partial charge in [0.05, 0.1) is 12.6 Å². The molecule has 0 saturated heterocycles. The molecule has 4 nitrogen and oxygen atoms in total. The van der Waals surface area contributed by atoms with Crippen LogP contribution in [0.5, 0.6) is 0 Å². The highest BCUT2D eigenvalue weighted by atomic mass is 19.1. The number of rotatable bonds is 4. The number of nitrogens with zero attached hydrogens (tertiary/aromatic N) is 1. The van der Waals surface area contributed by atoms with Crippen LogP contribution in [0.15, 0.2) is 24.4 Å². The Bertz CT molecular complexity index is 578. The van der Waals surface area contributed by atoms with Crippen LogP contribution >= 0.6 is 0 Å². The SMILES string of the molecule is Cc1cc(-c2cn[nH]c2CCC(=O)O)ccc1F. The fraction of sp³-hybridized carbons (Fsp3) is 0.231. The first-order chi connectivity index (χ1) is 8.58. The predicted molar refractivity (Wildman–Crippen MR) is 64.7 cm³/mol. The van der Waals surface area contributed by atoms with Crippen molar-refractivity contribution in [1.29, 1.82) is 0 Å². The fourth-order valence-corrected chi connectivity index (χ4v) is 1.80. The van der Waals surface area contributed by atoms with Crippen molar-refractivity contribution in [2.24, 2.45) is 0 Å². The van der Waals surface area contributed by atoms with E-state index in [9.17, 15) is 9.18 Å². The van der Waals surface area contributed by atoms with Crippen LogP contribution in [0.3, 0.4) is 0 Å². The highest BCUT2D eigenvalue weighted by Crippen LogP contribution is 2.24. The second kappa shape index (κ2) is 5.00. The number of aliphatic carboxylic acids is 1. The van der Waals surface area contributed by atoms with Gasteiger partial charge in [-0.25, -0.2) is 4.39 Å². The maximum absolute atomic E-state index is 13.2. The lowest BCUT2D eigenvalue weighted by atomic mass is 10.0. The number of hydrogen-bond acceptors (Lipinski definition) is 2. The van der Waals surface area contributed by atoms with Crippen molar-refractivity contribution < 1.29 is 14.3 Å². The van der Waals surface area contributed by atoms with Crippen LogP contribution in [0.1, 0.15) is 17.7 Å². The first kappa shape index (κ1) is 12.3. The van der Waals surface area contributed by atoms with Crippen LogP contribution in [0.4, 0.5) is 4.39 Å². The van der Waals surface area contributed by atoms with E-state index in [-0.39, 0.29) is 12.2 Å². The number of carboxylic acid groups (broad SMARTS) is 1. The lowest BCUT2D eigenvalue weighted by Crippen LogP contribution is -1.99. The smallest absolute Gasteiger partial charge is 0.303 e. The lowest BCUT2D eigenvalue weighted by Gasteiger charge is -2.04. The van der Waals surface area contributed by atoms with Crippen molar-refractivity contribution >= 4 is 5.97 Å². The van der Waals surface area contributed by atoms with E-state index in [2.05, 4.69) is 10.2 Å². The van der Waals surface area contributed by atoms with Gasteiger partial charge in [0, 0.05) is 17.7 Å². The first-order valence-corrected chi connectivity index (χ1v) is 5.58. The molecule has 0 spiro atoms. The zero-order valence-corrected chi connectivity index (χ0v) is 9.90. The Kier molecular flexibility index (Phi) is 3.41. The van der Waals surface area contributed by atoms with E-state index in [0.29, 0.717) is 12.0 Å². The Labute approximate surface area is 103 Å². The number of nitrogens with one attached hydrogen (secondary N) is 1. The summed E-state index contributed by atoms with van der Waals surface area (Å²) < 4.78 is 13.2. The third kappa shape index (κ3) is 2.56. The number of aromatic amines is 1. The number of carbonyl (C=O) groups is 1. The molecule has 0 aliphatic heterocycles. The molecule has 0 fully saturated rings. The molecule has 2 aromatic rings. The Morgan fingerprint density at radius 2 is 2.28 bits per heavy atom. The molecular formula is C13H13FN2O2. The van der Waals surface area contributed by atoms with E-state index in [4.69, 9.17) is 5.11 Å². The van der Waals surface area contributed by atoms with Gasteiger partial charge in [-0.15, -0.1) is 0 Å². The number of aromatic nitrogens is 2. The van der Waals surface area contributed by atoms with E-state index in [0.717, 1.165) is 16.8 Å². The molecule has 5 heteroatoms. The molecule has 18 heavy (non-hydrogen) atoms. The van der Waals surface area contributed by atoms with Crippen molar-refractivity contribution in [2.75, 3.05) is 0 Å². The average molecular weight is 248 g/mol. The molecule has 0 radical (unpaired) electrons. The third-order valence-electron chi connectivity index (χ3n) is 2.78. The van der Waals surface area contributed by atoms with Gasteiger partial charge in [-0.1, -0.05) is 6.07 Å². The van der Waals surface area contributed by atoms with Crippen molar-refractivity contribution in [3.63, 3.8) is 0 Å². The molecule has 0 unspecified atom stereocenters. The van der Waals surface area contributed by atoms with Crippen molar-refractivity contribution in [3.05, 3.63) is 41.5 Å². The number of carboxylic acids is 1. The van der Waals surface area contributed by atoms with Crippen LogP contribution in [-0.2, 0) is 11.2 Å². The third-order valence-corrected chi connectivity index (χ3v) is 2.78. The van der Waals surface area contributed by atoms with Gasteiger partial charge >= 0.3 is 5.97 Å². The zero-order valence-electron chi connectivity index (χ0n) is 9.90. The summed E-state index contributed by atoms with van der Waals surface area (Å²) in [5, 5.41) is 15.4. The quantitative estimate of drug-likeness (QED) is 0.873. The summed E-state index contributed by atoms with van der Waals surface area (Å²) in [6, 6.07) is 4.79. The van der Waals surface area contributed by atoms with Gasteiger partial charge in [0.1, 0.15) is 5.82 Å². The molecule has 0 aliphatic carbocycles. The van der Waals surface area contributed by atoms with Crippen LogP contribution in [0.25, 0.3) is 11.1 Å². The Hall–Kier alpha value is -2.17. The summed E-state index contributed by atoms with van der Waals surface area (Å²) in [5.74, 6) is -1.11. The van der Waals surface area contributed by atoms with E-state index in [1.165, 1.54) is 6.07 Å². The topological polar surface area (TPSA) is 66.0 Å². The predicted octanol–water partition coefficient (Wildman–Crippen LogP) is 2.54. The van der Waals surface area contributed by atoms with Gasteiger partial charge in [0.15, 0.2) is 0 Å². The summed E-state index contributed by atoms with van der Waals surface area (Å²) in [4.78, 5) is 10.6. The average Bonchev–Trinajstić information content (AvgIpc) is 2.78. The number of halogens is 1. The van der Waals surface area contributed by atoms with Gasteiger partial charge in [0.2, 0.25) is 0 Å². The molecule has 0 saturated carbocycles. The molecule has 2 N–H and O–H groups in total. The lowest BCUT2D eigenvalue weighted by molar-refractivity contribution is -0.136. The van der Waals surface area contributed by atoms with Crippen molar-refractivity contribution in [2.45, 2.75) is 19.8 Å². The Morgan fingerprint density at radius 3 is 2.94 bits per heavy atom. The second-order valence-electron chi connectivity index (χ2n) is 4.12. The van der Waals surface area contributed by atoms with Gasteiger partial charge in [-0.3, -0.25) is 9.89 Å². The van der Waals surface area contributed by atoms with E-state index < -0.39 is 5.97 Å². The van der Waals surface area contributed by atoms with Gasteiger partial charge in [0.25, 0.3) is 0 Å². The molecule has 0 amide bonds. The van der Waals surface area contributed by atoms with E-state index >= 15 is 0 Å². The van der Waals surface area contributed by atoms with Crippen LogP contribution < -0.4 is 0 Å². The summed E-state index contributed by atoms with van der Waals surface area (Å²) >= 11 is 0. The van der Waals surface area contributed by atoms with Gasteiger partial charge < -0.3 is 5.11 Å². The van der Waals surface area contributed by atoms with Crippen molar-refractivity contribution in [1.82, 2.24) is 10.2 Å². The molecule has 1 aromatic heterocycles. The second-order valence-corrected chi connectivity index (χ2v) is 4.12. The van der Waals surface area contributed by atoms with Crippen LogP contribution in [-0.4, -0.2) is 21.3 Å². The number of benzene rings is 1. The molecule has 0 bridgehead atoms. The minimum Gasteiger partial charge on any atom is -0.481 e. The Balaban J connectivity index is 2.30. The zero-order chi connectivity index (χ0) is 13.1. The maximum Gasteiger partial charge on any atom is 0.303 e. The van der Waals surface area contributed by atoms with Gasteiger partial charge in [-0.2, -0.15) is 5.10 Å². The standard InChI is InChI=1S/C13H13FN2O2/c1-8-6-9(2-3-11(8)14)10-7-15-16-12(10)4-5-13(17)18/h2-3,6-7H,4-5H2,1H3,(H,15,16)(H,17,18). The Morgan fingerprint density at radius 1 is 1.50 bits per heavy atom. The summed E-state index contributed by atoms with van der Waals surface area (Å²) in [6.45, 7) is 1.69. The largest absolute Gasteiger partial charge is 0.481 e. The minimum atomic E-state index is -0.856. The van der Waals surface area contributed by atoms with E-state index in [1.54, 1.807) is 25.3 Å². The van der Waals surface area contributed by atoms with Crippen molar-refractivity contribution in [3.8, 4) is 11.1 Å². The molecular weight excluding hydrogens is 235 g/mol. The summed E-state index contributed by atoms with van der Waals surface area (Å²) in [6.07, 6.45) is 2.04. The molecule has 94 valence electrons. The van der Waals surface area contributed by atoms with Crippen LogP contribution in [0, 0.1) is 12.7 Å². The summed E-state index contributed by atoms with van der Waals surface area (Å²) in [7, 11) is 0. The van der Waals surface area contributed by atoms with E-state index in [1.807, 2.05) is 0 Å².